The predicted molar refractivity (Wildman–Crippen MR) is 165 cm³/mol. The molecule has 0 bridgehead atoms. The number of piperidine rings is 2. The van der Waals surface area contributed by atoms with E-state index in [9.17, 15) is 54.6 Å². The number of anilines is 2. The number of aliphatic hydroxyl groups is 2. The first-order chi connectivity index (χ1) is 22.6. The number of hydrogen-bond acceptors (Lipinski definition) is 9. The second-order valence-corrected chi connectivity index (χ2v) is 14.0. The van der Waals surface area contributed by atoms with Gasteiger partial charge in [0.25, 0.3) is 11.8 Å². The third kappa shape index (κ3) is 12.6. The second-order valence-electron chi connectivity index (χ2n) is 11.9. The van der Waals surface area contributed by atoms with Crippen LogP contribution in [-0.4, -0.2) is 90.6 Å². The van der Waals surface area contributed by atoms with Crippen molar-refractivity contribution in [3.8, 4) is 11.5 Å². The summed E-state index contributed by atoms with van der Waals surface area (Å²) in [6.07, 6.45) is -9.15. The maximum atomic E-state index is 12.4. The maximum Gasteiger partial charge on any atom is 0.573 e. The first kappa shape index (κ1) is 39.8. The van der Waals surface area contributed by atoms with Gasteiger partial charge >= 0.3 is 12.7 Å². The van der Waals surface area contributed by atoms with E-state index in [-0.39, 0.29) is 61.9 Å². The van der Waals surface area contributed by atoms with Gasteiger partial charge in [-0.05, 0) is 93.2 Å². The quantitative estimate of drug-likeness (QED) is 0.240. The molecule has 4 rings (SSSR count). The minimum absolute atomic E-state index is 0.00995. The van der Waals surface area contributed by atoms with Gasteiger partial charge in [-0.3, -0.25) is 9.59 Å². The van der Waals surface area contributed by atoms with E-state index in [1.807, 2.05) is 0 Å². The molecule has 0 atom stereocenters. The van der Waals surface area contributed by atoms with Gasteiger partial charge in [0.15, 0.2) is 0 Å². The van der Waals surface area contributed by atoms with Crippen LogP contribution in [0.4, 0.5) is 37.7 Å². The Labute approximate surface area is 278 Å². The number of sulfonamides is 1. The zero-order valence-corrected chi connectivity index (χ0v) is 27.3. The summed E-state index contributed by atoms with van der Waals surface area (Å²) in [5.74, 6) is -2.16. The Balaban J connectivity index is 0.000000276. The number of carbonyl (C=O) groups is 2. The van der Waals surface area contributed by atoms with E-state index >= 15 is 0 Å². The van der Waals surface area contributed by atoms with Crippen LogP contribution in [0.3, 0.4) is 0 Å². The lowest BCUT2D eigenvalue weighted by Crippen LogP contribution is -2.53. The minimum Gasteiger partial charge on any atom is -0.406 e. The van der Waals surface area contributed by atoms with E-state index in [4.69, 9.17) is 0 Å². The van der Waals surface area contributed by atoms with Crippen molar-refractivity contribution in [2.24, 2.45) is 5.92 Å². The Morgan fingerprint density at radius 3 is 1.49 bits per heavy atom. The molecule has 2 fully saturated rings. The number of benzene rings is 2. The van der Waals surface area contributed by atoms with Crippen molar-refractivity contribution in [3.05, 3.63) is 48.5 Å². The molecule has 19 heteroatoms. The topological polar surface area (TPSA) is 167 Å². The molecule has 0 aromatic heterocycles. The lowest BCUT2D eigenvalue weighted by atomic mass is 9.91. The van der Waals surface area contributed by atoms with Gasteiger partial charge < -0.3 is 35.6 Å². The molecular formula is C30H38F6N4O8S. The Morgan fingerprint density at radius 2 is 1.14 bits per heavy atom. The fraction of sp³-hybridized carbons (Fsp3) is 0.533. The average molecular weight is 729 g/mol. The van der Waals surface area contributed by atoms with Crippen LogP contribution in [0.5, 0.6) is 11.5 Å². The molecule has 0 spiro atoms. The third-order valence-corrected chi connectivity index (χ3v) is 9.69. The van der Waals surface area contributed by atoms with Gasteiger partial charge in [-0.2, -0.15) is 0 Å². The largest absolute Gasteiger partial charge is 0.573 e. The van der Waals surface area contributed by atoms with Crippen molar-refractivity contribution in [3.63, 3.8) is 0 Å². The number of halogens is 6. The van der Waals surface area contributed by atoms with Crippen molar-refractivity contribution in [2.45, 2.75) is 63.5 Å². The molecule has 2 aliphatic heterocycles. The summed E-state index contributed by atoms with van der Waals surface area (Å²) >= 11 is 0. The normalized spacial score (nSPS) is 18.1. The number of alkyl halides is 6. The summed E-state index contributed by atoms with van der Waals surface area (Å²) < 4.78 is 106. The van der Waals surface area contributed by atoms with E-state index in [1.54, 1.807) is 13.8 Å². The lowest BCUT2D eigenvalue weighted by Gasteiger charge is -2.36. The number of rotatable bonds is 9. The van der Waals surface area contributed by atoms with Crippen LogP contribution in [0, 0.1) is 5.92 Å². The summed E-state index contributed by atoms with van der Waals surface area (Å²) in [7, 11) is -3.45. The van der Waals surface area contributed by atoms with E-state index < -0.39 is 51.5 Å². The van der Waals surface area contributed by atoms with Crippen molar-refractivity contribution < 1.29 is 64.0 Å². The van der Waals surface area contributed by atoms with Gasteiger partial charge in [0.1, 0.15) is 22.7 Å². The molecule has 49 heavy (non-hydrogen) atoms. The predicted octanol–water partition coefficient (Wildman–Crippen LogP) is 3.97. The lowest BCUT2D eigenvalue weighted by molar-refractivity contribution is -0.275. The highest BCUT2D eigenvalue weighted by molar-refractivity contribution is 7.89. The van der Waals surface area contributed by atoms with Crippen LogP contribution in [0.25, 0.3) is 0 Å². The van der Waals surface area contributed by atoms with Crippen molar-refractivity contribution in [1.29, 1.82) is 0 Å². The molecule has 5 N–H and O–H groups in total. The van der Waals surface area contributed by atoms with Gasteiger partial charge in [0.2, 0.25) is 10.0 Å². The van der Waals surface area contributed by atoms with Gasteiger partial charge in [0.05, 0.1) is 5.75 Å². The van der Waals surface area contributed by atoms with Crippen molar-refractivity contribution in [1.82, 2.24) is 9.62 Å². The summed E-state index contributed by atoms with van der Waals surface area (Å²) in [5, 5.41) is 28.7. The van der Waals surface area contributed by atoms with Gasteiger partial charge in [-0.25, -0.2) is 12.7 Å². The molecule has 2 aromatic carbocycles. The molecule has 2 saturated heterocycles. The molecule has 12 nitrogen and oxygen atoms in total. The summed E-state index contributed by atoms with van der Waals surface area (Å²) in [6.45, 7) is 4.66. The fourth-order valence-electron chi connectivity index (χ4n) is 4.93. The van der Waals surface area contributed by atoms with Crippen LogP contribution in [0.1, 0.15) is 39.5 Å². The Bertz CT molecular complexity index is 1510. The maximum absolute atomic E-state index is 12.4. The standard InChI is InChI=1S/C17H23F3N2O5S.C13H15F3N2O3/c1-12(2)11-28(25,26)22-9-7-16(24,8-10-22)15(23)21-13-3-5-14(6-4-13)27-17(18,19)20;14-13(15,16)21-10-3-1-9(2-4-10)18-11(19)12(20)5-7-17-8-6-12/h3-6,12,24H,7-11H2,1-2H3,(H,21,23);1-4,17,20H,5-8H2,(H,18,19). The molecule has 0 unspecified atom stereocenters. The molecule has 2 amide bonds. The van der Waals surface area contributed by atoms with Gasteiger partial charge in [-0.1, -0.05) is 13.8 Å². The number of nitrogens with zero attached hydrogens (tertiary/aromatic N) is 1. The smallest absolute Gasteiger partial charge is 0.406 e. The van der Waals surface area contributed by atoms with E-state index in [0.717, 1.165) is 24.3 Å². The second kappa shape index (κ2) is 15.9. The van der Waals surface area contributed by atoms with Crippen LogP contribution in [-0.2, 0) is 19.6 Å². The average Bonchev–Trinajstić information content (AvgIpc) is 2.98. The molecule has 0 radical (unpaired) electrons. The molecule has 0 aliphatic carbocycles. The Kier molecular flexibility index (Phi) is 12.9. The van der Waals surface area contributed by atoms with Crippen LogP contribution < -0.4 is 25.4 Å². The number of nitrogens with one attached hydrogen (secondary N) is 3. The molecular weight excluding hydrogens is 690 g/mol. The molecule has 2 aliphatic rings. The number of carbonyl (C=O) groups excluding carboxylic acids is 2. The van der Waals surface area contributed by atoms with Crippen LogP contribution in [0.2, 0.25) is 0 Å². The van der Waals surface area contributed by atoms with E-state index in [1.165, 1.54) is 28.6 Å². The number of hydrogen-bond donors (Lipinski definition) is 5. The summed E-state index contributed by atoms with van der Waals surface area (Å²) in [5.41, 5.74) is -2.73. The van der Waals surface area contributed by atoms with E-state index in [2.05, 4.69) is 25.4 Å². The molecule has 2 heterocycles. The first-order valence-electron chi connectivity index (χ1n) is 15.1. The van der Waals surface area contributed by atoms with Crippen LogP contribution >= 0.6 is 0 Å². The van der Waals surface area contributed by atoms with Crippen molar-refractivity contribution in [2.75, 3.05) is 42.6 Å². The molecule has 0 saturated carbocycles. The monoisotopic (exact) mass is 728 g/mol. The zero-order valence-electron chi connectivity index (χ0n) is 26.5. The highest BCUT2D eigenvalue weighted by Gasteiger charge is 2.42. The molecule has 2 aromatic rings. The number of amides is 2. The van der Waals surface area contributed by atoms with Gasteiger partial charge in [0, 0.05) is 24.5 Å². The summed E-state index contributed by atoms with van der Waals surface area (Å²) in [4.78, 5) is 24.4. The first-order valence-corrected chi connectivity index (χ1v) is 16.7. The molecule has 274 valence electrons. The SMILES string of the molecule is CC(C)CS(=O)(=O)N1CCC(O)(C(=O)Nc2ccc(OC(F)(F)F)cc2)CC1.O=C(Nc1ccc(OC(F)(F)F)cc1)C1(O)CCNCC1. The third-order valence-electron chi connectivity index (χ3n) is 7.45. The van der Waals surface area contributed by atoms with Crippen molar-refractivity contribution >= 4 is 33.2 Å². The van der Waals surface area contributed by atoms with Gasteiger partial charge in [-0.15, -0.1) is 26.3 Å². The number of ether oxygens (including phenoxy) is 2. The fourth-order valence-corrected chi connectivity index (χ4v) is 6.72. The highest BCUT2D eigenvalue weighted by atomic mass is 32.2. The summed E-state index contributed by atoms with van der Waals surface area (Å²) in [6, 6.07) is 9.25. The zero-order chi connectivity index (χ0) is 36.7. The van der Waals surface area contributed by atoms with E-state index in [0.29, 0.717) is 18.8 Å². The Morgan fingerprint density at radius 1 is 0.776 bits per heavy atom. The minimum atomic E-state index is -4.82. The van der Waals surface area contributed by atoms with Crippen LogP contribution in [0.15, 0.2) is 48.5 Å². The highest BCUT2D eigenvalue weighted by Crippen LogP contribution is 2.29. The Hall–Kier alpha value is -3.65.